The van der Waals surface area contributed by atoms with Gasteiger partial charge in [-0.05, 0) is 36.2 Å². The average Bonchev–Trinajstić information content (AvgIpc) is 2.39. The molecule has 1 aromatic heterocycles. The van der Waals surface area contributed by atoms with Gasteiger partial charge in [-0.15, -0.1) is 0 Å². The van der Waals surface area contributed by atoms with Crippen molar-refractivity contribution in [2.75, 3.05) is 0 Å². The van der Waals surface area contributed by atoms with Gasteiger partial charge in [-0.2, -0.15) is 8.78 Å². The Kier molecular flexibility index (Phi) is 4.06. The molecule has 0 aliphatic carbocycles. The topological polar surface area (TPSA) is 48.1 Å². The molecule has 0 spiro atoms. The van der Waals surface area contributed by atoms with Crippen LogP contribution in [0.15, 0.2) is 42.6 Å². The number of nitrogens with zero attached hydrogens (tertiary/aromatic N) is 1. The molecule has 0 aliphatic heterocycles. The van der Waals surface area contributed by atoms with Gasteiger partial charge in [0.05, 0.1) is 6.04 Å². The van der Waals surface area contributed by atoms with Gasteiger partial charge < -0.3 is 10.5 Å². The molecule has 1 unspecified atom stereocenters. The second-order valence-electron chi connectivity index (χ2n) is 4.16. The molecule has 2 N–H and O–H groups in total. The summed E-state index contributed by atoms with van der Waals surface area (Å²) < 4.78 is 28.3. The smallest absolute Gasteiger partial charge is 0.387 e. The Labute approximate surface area is 110 Å². The van der Waals surface area contributed by atoms with E-state index in [1.165, 1.54) is 12.1 Å². The highest BCUT2D eigenvalue weighted by molar-refractivity contribution is 5.34. The van der Waals surface area contributed by atoms with Gasteiger partial charge in [0.1, 0.15) is 5.75 Å². The molecule has 100 valence electrons. The fourth-order valence-electron chi connectivity index (χ4n) is 1.71. The number of hydrogen-bond acceptors (Lipinski definition) is 3. The van der Waals surface area contributed by atoms with Crippen LogP contribution < -0.4 is 10.5 Å². The molecule has 0 aliphatic rings. The molecule has 1 aromatic carbocycles. The van der Waals surface area contributed by atoms with Crippen molar-refractivity contribution in [3.63, 3.8) is 0 Å². The van der Waals surface area contributed by atoms with E-state index >= 15 is 0 Å². The summed E-state index contributed by atoms with van der Waals surface area (Å²) in [7, 11) is 0. The summed E-state index contributed by atoms with van der Waals surface area (Å²) in [5.41, 5.74) is 8.68. The average molecular weight is 264 g/mol. The van der Waals surface area contributed by atoms with E-state index in [-0.39, 0.29) is 11.8 Å². The van der Waals surface area contributed by atoms with Crippen molar-refractivity contribution >= 4 is 0 Å². The Hall–Kier alpha value is -2.01. The molecule has 0 radical (unpaired) electrons. The molecular formula is C14H14F2N2O. The zero-order chi connectivity index (χ0) is 13.8. The van der Waals surface area contributed by atoms with Crippen LogP contribution in [0.1, 0.15) is 22.9 Å². The summed E-state index contributed by atoms with van der Waals surface area (Å²) in [6, 6.07) is 9.73. The second kappa shape index (κ2) is 5.75. The molecule has 5 heteroatoms. The minimum atomic E-state index is -2.82. The summed E-state index contributed by atoms with van der Waals surface area (Å²) in [4.78, 5) is 4.18. The van der Waals surface area contributed by atoms with Crippen LogP contribution in [0.3, 0.4) is 0 Å². The van der Waals surface area contributed by atoms with Gasteiger partial charge in [-0.25, -0.2) is 0 Å². The van der Waals surface area contributed by atoms with Gasteiger partial charge in [-0.3, -0.25) is 4.98 Å². The van der Waals surface area contributed by atoms with Gasteiger partial charge in [0.25, 0.3) is 0 Å². The van der Waals surface area contributed by atoms with Gasteiger partial charge in [0, 0.05) is 11.9 Å². The first kappa shape index (κ1) is 13.4. The highest BCUT2D eigenvalue weighted by Crippen LogP contribution is 2.22. The first-order valence-electron chi connectivity index (χ1n) is 5.79. The summed E-state index contributed by atoms with van der Waals surface area (Å²) in [6.07, 6.45) is 1.71. The molecule has 3 nitrogen and oxygen atoms in total. The maximum atomic E-state index is 12.0. The van der Waals surface area contributed by atoms with Crippen molar-refractivity contribution in [2.24, 2.45) is 5.73 Å². The van der Waals surface area contributed by atoms with Crippen LogP contribution in [0.4, 0.5) is 8.78 Å². The number of benzene rings is 1. The van der Waals surface area contributed by atoms with E-state index in [1.807, 2.05) is 19.1 Å². The number of halogens is 2. The number of aryl methyl sites for hydroxylation is 1. The van der Waals surface area contributed by atoms with E-state index in [0.29, 0.717) is 0 Å². The molecule has 1 heterocycles. The van der Waals surface area contributed by atoms with E-state index < -0.39 is 6.61 Å². The summed E-state index contributed by atoms with van der Waals surface area (Å²) in [6.45, 7) is -0.924. The summed E-state index contributed by atoms with van der Waals surface area (Å²) in [5, 5.41) is 0. The summed E-state index contributed by atoms with van der Waals surface area (Å²) in [5.74, 6) is 0.119. The molecule has 2 rings (SSSR count). The molecule has 19 heavy (non-hydrogen) atoms. The molecule has 0 bridgehead atoms. The van der Waals surface area contributed by atoms with Crippen LogP contribution in [-0.4, -0.2) is 11.6 Å². The van der Waals surface area contributed by atoms with Crippen molar-refractivity contribution in [3.8, 4) is 5.75 Å². The minimum absolute atomic E-state index is 0.119. The molecule has 2 aromatic rings. The first-order chi connectivity index (χ1) is 9.06. The van der Waals surface area contributed by atoms with Crippen LogP contribution in [0.5, 0.6) is 5.75 Å². The number of pyridine rings is 1. The fraction of sp³-hybridized carbons (Fsp3) is 0.214. The van der Waals surface area contributed by atoms with Gasteiger partial charge in [0.2, 0.25) is 0 Å². The maximum Gasteiger partial charge on any atom is 0.387 e. The van der Waals surface area contributed by atoms with Crippen LogP contribution in [0, 0.1) is 6.92 Å². The lowest BCUT2D eigenvalue weighted by Gasteiger charge is -2.13. The lowest BCUT2D eigenvalue weighted by atomic mass is 10.0. The van der Waals surface area contributed by atoms with E-state index in [4.69, 9.17) is 5.73 Å². The molecule has 0 fully saturated rings. The monoisotopic (exact) mass is 264 g/mol. The Morgan fingerprint density at radius 2 is 1.68 bits per heavy atom. The third-order valence-electron chi connectivity index (χ3n) is 2.76. The quantitative estimate of drug-likeness (QED) is 0.923. The highest BCUT2D eigenvalue weighted by atomic mass is 19.3. The Morgan fingerprint density at radius 1 is 1.05 bits per heavy atom. The number of alkyl halides is 2. The number of ether oxygens (including phenoxy) is 1. The number of aromatic nitrogens is 1. The lowest BCUT2D eigenvalue weighted by Crippen LogP contribution is -2.12. The van der Waals surface area contributed by atoms with Gasteiger partial charge >= 0.3 is 6.61 Å². The fourth-order valence-corrected chi connectivity index (χ4v) is 1.71. The number of hydrogen-bond donors (Lipinski definition) is 1. The van der Waals surface area contributed by atoms with E-state index in [1.54, 1.807) is 18.3 Å². The van der Waals surface area contributed by atoms with Crippen molar-refractivity contribution in [2.45, 2.75) is 19.6 Å². The second-order valence-corrected chi connectivity index (χ2v) is 4.16. The van der Waals surface area contributed by atoms with Crippen LogP contribution in [0.2, 0.25) is 0 Å². The molecule has 0 amide bonds. The normalized spacial score (nSPS) is 12.5. The SMILES string of the molecule is Cc1ccc(C(N)c2ccc(OC(F)F)cc2)cn1. The lowest BCUT2D eigenvalue weighted by molar-refractivity contribution is -0.0498. The predicted molar refractivity (Wildman–Crippen MR) is 68.1 cm³/mol. The zero-order valence-electron chi connectivity index (χ0n) is 10.4. The standard InChI is InChI=1S/C14H14F2N2O/c1-9-2-3-11(8-18-9)13(17)10-4-6-12(7-5-10)19-14(15)16/h2-8,13-14H,17H2,1H3. The van der Waals surface area contributed by atoms with Crippen LogP contribution in [-0.2, 0) is 0 Å². The molecule has 0 saturated heterocycles. The van der Waals surface area contributed by atoms with Crippen molar-refractivity contribution < 1.29 is 13.5 Å². The molecular weight excluding hydrogens is 250 g/mol. The predicted octanol–water partition coefficient (Wildman–Crippen LogP) is 3.04. The third kappa shape index (κ3) is 3.48. The molecule has 0 saturated carbocycles. The van der Waals surface area contributed by atoms with E-state index in [2.05, 4.69) is 9.72 Å². The molecule has 1 atom stereocenters. The maximum absolute atomic E-state index is 12.0. The first-order valence-corrected chi connectivity index (χ1v) is 5.79. The van der Waals surface area contributed by atoms with E-state index in [0.717, 1.165) is 16.8 Å². The van der Waals surface area contributed by atoms with Crippen molar-refractivity contribution in [1.29, 1.82) is 0 Å². The highest BCUT2D eigenvalue weighted by Gasteiger charge is 2.10. The Morgan fingerprint density at radius 3 is 2.21 bits per heavy atom. The third-order valence-corrected chi connectivity index (χ3v) is 2.76. The van der Waals surface area contributed by atoms with E-state index in [9.17, 15) is 8.78 Å². The zero-order valence-corrected chi connectivity index (χ0v) is 10.4. The number of nitrogens with two attached hydrogens (primary N) is 1. The van der Waals surface area contributed by atoms with Crippen molar-refractivity contribution in [1.82, 2.24) is 4.98 Å². The summed E-state index contributed by atoms with van der Waals surface area (Å²) >= 11 is 0. The Bertz CT molecular complexity index is 526. The largest absolute Gasteiger partial charge is 0.435 e. The van der Waals surface area contributed by atoms with Gasteiger partial charge in [0.15, 0.2) is 0 Å². The van der Waals surface area contributed by atoms with Crippen LogP contribution in [0.25, 0.3) is 0 Å². The van der Waals surface area contributed by atoms with Crippen molar-refractivity contribution in [3.05, 3.63) is 59.4 Å². The minimum Gasteiger partial charge on any atom is -0.435 e. The van der Waals surface area contributed by atoms with Crippen LogP contribution >= 0.6 is 0 Å². The number of rotatable bonds is 4. The van der Waals surface area contributed by atoms with Gasteiger partial charge in [-0.1, -0.05) is 18.2 Å². The Balaban J connectivity index is 2.15.